The van der Waals surface area contributed by atoms with Crippen molar-refractivity contribution in [3.63, 3.8) is 0 Å². The summed E-state index contributed by atoms with van der Waals surface area (Å²) in [4.78, 5) is 10.6. The fourth-order valence-corrected chi connectivity index (χ4v) is 2.04. The van der Waals surface area contributed by atoms with Crippen LogP contribution in [0.5, 0.6) is 0 Å². The van der Waals surface area contributed by atoms with E-state index in [1.54, 1.807) is 0 Å². The van der Waals surface area contributed by atoms with Crippen LogP contribution in [0.3, 0.4) is 0 Å². The number of hydrogen-bond acceptors (Lipinski definition) is 2. The van der Waals surface area contributed by atoms with E-state index in [9.17, 15) is 4.79 Å². The molecule has 0 aliphatic heterocycles. The van der Waals surface area contributed by atoms with Gasteiger partial charge in [-0.3, -0.25) is 0 Å². The van der Waals surface area contributed by atoms with Crippen molar-refractivity contribution in [1.29, 1.82) is 0 Å². The van der Waals surface area contributed by atoms with Crippen molar-refractivity contribution in [3.8, 4) is 0 Å². The van der Waals surface area contributed by atoms with Gasteiger partial charge in [-0.25, -0.2) is 0 Å². The Balaban J connectivity index is 1.77. The van der Waals surface area contributed by atoms with Crippen LogP contribution in [0, 0.1) is 5.92 Å². The largest absolute Gasteiger partial charge is 0.374 e. The molecule has 1 aliphatic rings. The minimum Gasteiger partial charge on any atom is -0.374 e. The Morgan fingerprint density at radius 2 is 2.07 bits per heavy atom. The lowest BCUT2D eigenvalue weighted by Gasteiger charge is -2.11. The zero-order valence-corrected chi connectivity index (χ0v) is 8.76. The molecular formula is C13H16O2. The highest BCUT2D eigenvalue weighted by molar-refractivity contribution is 5.54. The Kier molecular flexibility index (Phi) is 3.51. The second-order valence-electron chi connectivity index (χ2n) is 4.13. The van der Waals surface area contributed by atoms with Crippen molar-refractivity contribution in [2.24, 2.45) is 5.92 Å². The molecule has 2 atom stereocenters. The average Bonchev–Trinajstić information content (AvgIpc) is 2.76. The molecule has 0 bridgehead atoms. The molecule has 0 saturated heterocycles. The Hall–Kier alpha value is -1.15. The summed E-state index contributed by atoms with van der Waals surface area (Å²) in [6.45, 7) is 0.664. The molecule has 1 aliphatic carbocycles. The van der Waals surface area contributed by atoms with Gasteiger partial charge in [0.2, 0.25) is 0 Å². The molecule has 1 aromatic rings. The van der Waals surface area contributed by atoms with Gasteiger partial charge in [0.1, 0.15) is 6.29 Å². The summed E-state index contributed by atoms with van der Waals surface area (Å²) in [5, 5.41) is 0. The predicted molar refractivity (Wildman–Crippen MR) is 58.4 cm³/mol. The SMILES string of the molecule is O=C[C@@H]1CC[C@H](OCc2ccccc2)C1. The maximum absolute atomic E-state index is 10.6. The van der Waals surface area contributed by atoms with Crippen LogP contribution in [0.1, 0.15) is 24.8 Å². The fourth-order valence-electron chi connectivity index (χ4n) is 2.04. The normalized spacial score (nSPS) is 25.3. The van der Waals surface area contributed by atoms with Gasteiger partial charge >= 0.3 is 0 Å². The fraction of sp³-hybridized carbons (Fsp3) is 0.462. The first-order valence-corrected chi connectivity index (χ1v) is 5.49. The second-order valence-corrected chi connectivity index (χ2v) is 4.13. The molecule has 2 heteroatoms. The molecule has 0 spiro atoms. The van der Waals surface area contributed by atoms with Crippen LogP contribution in [0.15, 0.2) is 30.3 Å². The minimum absolute atomic E-state index is 0.228. The lowest BCUT2D eigenvalue weighted by molar-refractivity contribution is -0.111. The van der Waals surface area contributed by atoms with Gasteiger partial charge in [-0.2, -0.15) is 0 Å². The average molecular weight is 204 g/mol. The van der Waals surface area contributed by atoms with Gasteiger partial charge in [0.25, 0.3) is 0 Å². The Morgan fingerprint density at radius 1 is 1.27 bits per heavy atom. The van der Waals surface area contributed by atoms with E-state index in [4.69, 9.17) is 4.74 Å². The third kappa shape index (κ3) is 2.90. The van der Waals surface area contributed by atoms with Gasteiger partial charge in [0.15, 0.2) is 0 Å². The lowest BCUT2D eigenvalue weighted by atomic mass is 10.1. The van der Waals surface area contributed by atoms with E-state index < -0.39 is 0 Å². The molecule has 1 fully saturated rings. The number of carbonyl (C=O) groups is 1. The molecule has 2 nitrogen and oxygen atoms in total. The smallest absolute Gasteiger partial charge is 0.123 e. The molecule has 2 rings (SSSR count). The molecular weight excluding hydrogens is 188 g/mol. The van der Waals surface area contributed by atoms with Crippen molar-refractivity contribution < 1.29 is 9.53 Å². The van der Waals surface area contributed by atoms with Gasteiger partial charge in [-0.05, 0) is 24.8 Å². The van der Waals surface area contributed by atoms with Crippen LogP contribution in [0.2, 0.25) is 0 Å². The van der Waals surface area contributed by atoms with E-state index >= 15 is 0 Å². The highest BCUT2D eigenvalue weighted by atomic mass is 16.5. The standard InChI is InChI=1S/C13H16O2/c14-9-12-6-7-13(8-12)15-10-11-4-2-1-3-5-11/h1-5,9,12-13H,6-8,10H2/t12-,13+/m1/s1. The minimum atomic E-state index is 0.228. The van der Waals surface area contributed by atoms with Gasteiger partial charge in [0.05, 0.1) is 12.7 Å². The van der Waals surface area contributed by atoms with Crippen LogP contribution in [0.4, 0.5) is 0 Å². The van der Waals surface area contributed by atoms with Crippen molar-refractivity contribution in [2.75, 3.05) is 0 Å². The van der Waals surface area contributed by atoms with Crippen LogP contribution in [-0.4, -0.2) is 12.4 Å². The van der Waals surface area contributed by atoms with Crippen LogP contribution < -0.4 is 0 Å². The molecule has 0 unspecified atom stereocenters. The number of benzene rings is 1. The van der Waals surface area contributed by atoms with E-state index in [-0.39, 0.29) is 12.0 Å². The van der Waals surface area contributed by atoms with E-state index in [0.29, 0.717) is 6.61 Å². The summed E-state index contributed by atoms with van der Waals surface area (Å²) in [7, 11) is 0. The van der Waals surface area contributed by atoms with Crippen molar-refractivity contribution >= 4 is 6.29 Å². The molecule has 0 heterocycles. The summed E-state index contributed by atoms with van der Waals surface area (Å²) in [6, 6.07) is 10.2. The summed E-state index contributed by atoms with van der Waals surface area (Å²) in [5.41, 5.74) is 1.20. The van der Waals surface area contributed by atoms with Gasteiger partial charge in [-0.1, -0.05) is 30.3 Å². The number of aldehydes is 1. The number of ether oxygens (including phenoxy) is 1. The predicted octanol–water partition coefficient (Wildman–Crippen LogP) is 2.57. The summed E-state index contributed by atoms with van der Waals surface area (Å²) < 4.78 is 5.76. The number of rotatable bonds is 4. The third-order valence-electron chi connectivity index (χ3n) is 2.95. The molecule has 0 radical (unpaired) electrons. The van der Waals surface area contributed by atoms with Crippen LogP contribution in [-0.2, 0) is 16.1 Å². The first-order chi connectivity index (χ1) is 7.38. The Bertz CT molecular complexity index is 308. The summed E-state index contributed by atoms with van der Waals surface area (Å²) in [5.74, 6) is 0.228. The quantitative estimate of drug-likeness (QED) is 0.704. The topological polar surface area (TPSA) is 26.3 Å². The highest BCUT2D eigenvalue weighted by Crippen LogP contribution is 2.26. The van der Waals surface area contributed by atoms with Gasteiger partial charge < -0.3 is 9.53 Å². The number of carbonyl (C=O) groups excluding carboxylic acids is 1. The van der Waals surface area contributed by atoms with Crippen molar-refractivity contribution in [3.05, 3.63) is 35.9 Å². The monoisotopic (exact) mass is 204 g/mol. The molecule has 0 N–H and O–H groups in total. The summed E-state index contributed by atoms with van der Waals surface area (Å²) in [6.07, 6.45) is 4.25. The second kappa shape index (κ2) is 5.08. The molecule has 0 aromatic heterocycles. The van der Waals surface area contributed by atoms with Crippen molar-refractivity contribution in [2.45, 2.75) is 32.0 Å². The zero-order valence-electron chi connectivity index (χ0n) is 8.76. The molecule has 80 valence electrons. The molecule has 0 amide bonds. The van der Waals surface area contributed by atoms with E-state index in [1.165, 1.54) is 5.56 Å². The molecule has 1 aromatic carbocycles. The van der Waals surface area contributed by atoms with Crippen LogP contribution >= 0.6 is 0 Å². The van der Waals surface area contributed by atoms with Crippen molar-refractivity contribution in [1.82, 2.24) is 0 Å². The third-order valence-corrected chi connectivity index (χ3v) is 2.95. The van der Waals surface area contributed by atoms with Crippen LogP contribution in [0.25, 0.3) is 0 Å². The highest BCUT2D eigenvalue weighted by Gasteiger charge is 2.24. The first-order valence-electron chi connectivity index (χ1n) is 5.49. The maximum atomic E-state index is 10.6. The summed E-state index contributed by atoms with van der Waals surface area (Å²) >= 11 is 0. The Labute approximate surface area is 90.3 Å². The zero-order chi connectivity index (χ0) is 10.5. The van der Waals surface area contributed by atoms with E-state index in [0.717, 1.165) is 25.5 Å². The number of hydrogen-bond donors (Lipinski definition) is 0. The maximum Gasteiger partial charge on any atom is 0.123 e. The van der Waals surface area contributed by atoms with E-state index in [2.05, 4.69) is 12.1 Å². The van der Waals surface area contributed by atoms with Gasteiger partial charge in [-0.15, -0.1) is 0 Å². The molecule has 15 heavy (non-hydrogen) atoms. The van der Waals surface area contributed by atoms with Gasteiger partial charge in [0, 0.05) is 5.92 Å². The van der Waals surface area contributed by atoms with E-state index in [1.807, 2.05) is 18.2 Å². The first kappa shape index (κ1) is 10.4. The lowest BCUT2D eigenvalue weighted by Crippen LogP contribution is -2.08. The Morgan fingerprint density at radius 3 is 2.73 bits per heavy atom. The molecule has 1 saturated carbocycles.